The van der Waals surface area contributed by atoms with Gasteiger partial charge in [0.1, 0.15) is 11.9 Å². The SMILES string of the molecule is CCOC(C)C(O)c1ccc(C)c(F)c1. The molecule has 0 bridgehead atoms. The van der Waals surface area contributed by atoms with Gasteiger partial charge in [0, 0.05) is 6.61 Å². The molecule has 1 N–H and O–H groups in total. The van der Waals surface area contributed by atoms with Gasteiger partial charge in [0.05, 0.1) is 6.10 Å². The first-order valence-electron chi connectivity index (χ1n) is 5.12. The van der Waals surface area contributed by atoms with E-state index in [9.17, 15) is 9.50 Å². The van der Waals surface area contributed by atoms with Crippen molar-refractivity contribution < 1.29 is 14.2 Å². The van der Waals surface area contributed by atoms with Gasteiger partial charge in [0.2, 0.25) is 0 Å². The Morgan fingerprint density at radius 3 is 2.67 bits per heavy atom. The second-order valence-corrected chi connectivity index (χ2v) is 3.61. The lowest BCUT2D eigenvalue weighted by molar-refractivity contribution is -0.0228. The van der Waals surface area contributed by atoms with Crippen molar-refractivity contribution in [1.29, 1.82) is 0 Å². The van der Waals surface area contributed by atoms with Crippen LogP contribution in [0.5, 0.6) is 0 Å². The monoisotopic (exact) mass is 212 g/mol. The molecule has 1 rings (SSSR count). The van der Waals surface area contributed by atoms with Gasteiger partial charge < -0.3 is 9.84 Å². The van der Waals surface area contributed by atoms with Crippen LogP contribution in [-0.2, 0) is 4.74 Å². The quantitative estimate of drug-likeness (QED) is 0.831. The number of aryl methyl sites for hydroxylation is 1. The zero-order valence-electron chi connectivity index (χ0n) is 9.33. The van der Waals surface area contributed by atoms with Gasteiger partial charge in [-0.15, -0.1) is 0 Å². The molecule has 0 heterocycles. The topological polar surface area (TPSA) is 29.5 Å². The third kappa shape index (κ3) is 3.01. The van der Waals surface area contributed by atoms with Crippen molar-refractivity contribution in [2.24, 2.45) is 0 Å². The minimum Gasteiger partial charge on any atom is -0.386 e. The number of hydrogen-bond donors (Lipinski definition) is 1. The molecule has 0 aliphatic rings. The summed E-state index contributed by atoms with van der Waals surface area (Å²) in [6, 6.07) is 4.74. The van der Waals surface area contributed by atoms with Gasteiger partial charge >= 0.3 is 0 Å². The Hall–Kier alpha value is -0.930. The van der Waals surface area contributed by atoms with Crippen LogP contribution >= 0.6 is 0 Å². The van der Waals surface area contributed by atoms with Crippen molar-refractivity contribution in [2.45, 2.75) is 33.0 Å². The van der Waals surface area contributed by atoms with Crippen LogP contribution in [-0.4, -0.2) is 17.8 Å². The predicted octanol–water partition coefficient (Wildman–Crippen LogP) is 2.59. The van der Waals surface area contributed by atoms with E-state index in [-0.39, 0.29) is 11.9 Å². The number of rotatable bonds is 4. The van der Waals surface area contributed by atoms with Gasteiger partial charge in [-0.3, -0.25) is 0 Å². The van der Waals surface area contributed by atoms with Crippen molar-refractivity contribution in [3.05, 3.63) is 35.1 Å². The number of halogens is 1. The van der Waals surface area contributed by atoms with Gasteiger partial charge in [0.15, 0.2) is 0 Å². The van der Waals surface area contributed by atoms with Crippen LogP contribution in [0.25, 0.3) is 0 Å². The van der Waals surface area contributed by atoms with Gasteiger partial charge in [-0.2, -0.15) is 0 Å². The summed E-state index contributed by atoms with van der Waals surface area (Å²) in [5.41, 5.74) is 1.13. The maximum Gasteiger partial charge on any atom is 0.126 e. The van der Waals surface area contributed by atoms with E-state index in [1.807, 2.05) is 6.92 Å². The summed E-state index contributed by atoms with van der Waals surface area (Å²) in [4.78, 5) is 0. The van der Waals surface area contributed by atoms with Gasteiger partial charge in [-0.25, -0.2) is 4.39 Å². The molecule has 0 amide bonds. The molecule has 15 heavy (non-hydrogen) atoms. The molecule has 0 fully saturated rings. The maximum atomic E-state index is 13.2. The van der Waals surface area contributed by atoms with E-state index in [1.54, 1.807) is 26.0 Å². The lowest BCUT2D eigenvalue weighted by atomic mass is 10.0. The molecule has 2 unspecified atom stereocenters. The van der Waals surface area contributed by atoms with Crippen molar-refractivity contribution in [3.8, 4) is 0 Å². The number of aliphatic hydroxyl groups is 1. The Bertz CT molecular complexity index is 325. The van der Waals surface area contributed by atoms with E-state index < -0.39 is 6.10 Å². The van der Waals surface area contributed by atoms with Crippen molar-refractivity contribution in [1.82, 2.24) is 0 Å². The average molecular weight is 212 g/mol. The highest BCUT2D eigenvalue weighted by Crippen LogP contribution is 2.21. The highest BCUT2D eigenvalue weighted by Gasteiger charge is 2.17. The van der Waals surface area contributed by atoms with Crippen LogP contribution in [0.4, 0.5) is 4.39 Å². The van der Waals surface area contributed by atoms with Crippen LogP contribution in [0.2, 0.25) is 0 Å². The summed E-state index contributed by atoms with van der Waals surface area (Å²) >= 11 is 0. The van der Waals surface area contributed by atoms with Crippen molar-refractivity contribution in [2.75, 3.05) is 6.61 Å². The zero-order chi connectivity index (χ0) is 11.4. The molecule has 2 atom stereocenters. The second-order valence-electron chi connectivity index (χ2n) is 3.61. The largest absolute Gasteiger partial charge is 0.386 e. The minimum atomic E-state index is -0.778. The maximum absolute atomic E-state index is 13.2. The Labute approximate surface area is 89.7 Å². The fourth-order valence-electron chi connectivity index (χ4n) is 1.42. The molecule has 0 aliphatic heterocycles. The molecular weight excluding hydrogens is 195 g/mol. The number of hydrogen-bond acceptors (Lipinski definition) is 2. The number of aliphatic hydroxyl groups excluding tert-OH is 1. The molecule has 1 aromatic carbocycles. The van der Waals surface area contributed by atoms with Crippen LogP contribution in [0.1, 0.15) is 31.1 Å². The molecule has 0 aromatic heterocycles. The number of benzene rings is 1. The fourth-order valence-corrected chi connectivity index (χ4v) is 1.42. The van der Waals surface area contributed by atoms with E-state index in [4.69, 9.17) is 4.74 Å². The van der Waals surface area contributed by atoms with Crippen LogP contribution in [0.15, 0.2) is 18.2 Å². The van der Waals surface area contributed by atoms with Crippen LogP contribution in [0.3, 0.4) is 0 Å². The van der Waals surface area contributed by atoms with Gasteiger partial charge in [-0.1, -0.05) is 12.1 Å². The second kappa shape index (κ2) is 5.24. The standard InChI is InChI=1S/C12H17FO2/c1-4-15-9(3)12(14)10-6-5-8(2)11(13)7-10/h5-7,9,12,14H,4H2,1-3H3. The molecule has 0 saturated heterocycles. The molecule has 0 spiro atoms. The Morgan fingerprint density at radius 2 is 2.13 bits per heavy atom. The first-order valence-corrected chi connectivity index (χ1v) is 5.12. The summed E-state index contributed by atoms with van der Waals surface area (Å²) in [6.07, 6.45) is -1.10. The molecule has 0 aliphatic carbocycles. The molecule has 84 valence electrons. The Balaban J connectivity index is 2.81. The summed E-state index contributed by atoms with van der Waals surface area (Å²) in [6.45, 7) is 5.86. The normalized spacial score (nSPS) is 15.0. The smallest absolute Gasteiger partial charge is 0.126 e. The van der Waals surface area contributed by atoms with Crippen LogP contribution in [0, 0.1) is 12.7 Å². The first kappa shape index (κ1) is 12.1. The Morgan fingerprint density at radius 1 is 1.47 bits per heavy atom. The third-order valence-electron chi connectivity index (χ3n) is 2.41. The molecular formula is C12H17FO2. The number of ether oxygens (including phenoxy) is 1. The minimum absolute atomic E-state index is 0.296. The molecule has 1 aromatic rings. The van der Waals surface area contributed by atoms with Crippen LogP contribution < -0.4 is 0 Å². The highest BCUT2D eigenvalue weighted by molar-refractivity contribution is 5.25. The summed E-state index contributed by atoms with van der Waals surface area (Å²) in [7, 11) is 0. The molecule has 0 saturated carbocycles. The summed E-state index contributed by atoms with van der Waals surface area (Å²) in [5.74, 6) is -0.296. The lowest BCUT2D eigenvalue weighted by Gasteiger charge is -2.19. The summed E-state index contributed by atoms with van der Waals surface area (Å²) < 4.78 is 18.5. The van der Waals surface area contributed by atoms with Crippen molar-refractivity contribution in [3.63, 3.8) is 0 Å². The predicted molar refractivity (Wildman–Crippen MR) is 57.2 cm³/mol. The summed E-state index contributed by atoms with van der Waals surface area (Å²) in [5, 5.41) is 9.84. The van der Waals surface area contributed by atoms with Crippen molar-refractivity contribution >= 4 is 0 Å². The average Bonchev–Trinajstić information content (AvgIpc) is 2.21. The van der Waals surface area contributed by atoms with E-state index in [2.05, 4.69) is 0 Å². The van der Waals surface area contributed by atoms with E-state index >= 15 is 0 Å². The zero-order valence-corrected chi connectivity index (χ0v) is 9.33. The molecule has 0 radical (unpaired) electrons. The first-order chi connectivity index (χ1) is 7.06. The van der Waals surface area contributed by atoms with E-state index in [0.717, 1.165) is 0 Å². The Kier molecular flexibility index (Phi) is 4.24. The molecule has 3 heteroatoms. The lowest BCUT2D eigenvalue weighted by Crippen LogP contribution is -2.18. The molecule has 2 nitrogen and oxygen atoms in total. The third-order valence-corrected chi connectivity index (χ3v) is 2.41. The fraction of sp³-hybridized carbons (Fsp3) is 0.500. The van der Waals surface area contributed by atoms with Gasteiger partial charge in [0.25, 0.3) is 0 Å². The highest BCUT2D eigenvalue weighted by atomic mass is 19.1. The van der Waals surface area contributed by atoms with Gasteiger partial charge in [-0.05, 0) is 38.0 Å². The van der Waals surface area contributed by atoms with E-state index in [0.29, 0.717) is 17.7 Å². The van der Waals surface area contributed by atoms with E-state index in [1.165, 1.54) is 6.07 Å².